The van der Waals surface area contributed by atoms with Gasteiger partial charge in [0.2, 0.25) is 0 Å². The van der Waals surface area contributed by atoms with Crippen LogP contribution in [0.15, 0.2) is 30.0 Å². The molecule has 0 atom stereocenters. The van der Waals surface area contributed by atoms with Crippen LogP contribution in [-0.2, 0) is 11.0 Å². The minimum atomic E-state index is -4.46. The average Bonchev–Trinajstić information content (AvgIpc) is 2.25. The summed E-state index contributed by atoms with van der Waals surface area (Å²) < 4.78 is 42.9. The molecule has 0 radical (unpaired) electrons. The molecule has 104 valence electrons. The lowest BCUT2D eigenvalue weighted by Gasteiger charge is -2.13. The van der Waals surface area contributed by atoms with Crippen molar-refractivity contribution in [2.45, 2.75) is 20.0 Å². The maximum atomic E-state index is 12.7. The van der Waals surface area contributed by atoms with Crippen LogP contribution in [0.4, 0.5) is 18.9 Å². The first-order chi connectivity index (χ1) is 8.72. The van der Waals surface area contributed by atoms with Gasteiger partial charge >= 0.3 is 6.18 Å². The Balaban J connectivity index is 3.11. The summed E-state index contributed by atoms with van der Waals surface area (Å²) in [5.74, 6) is -0.100. The van der Waals surface area contributed by atoms with E-state index in [2.05, 4.69) is 5.32 Å². The highest BCUT2D eigenvalue weighted by molar-refractivity contribution is 5.88. The van der Waals surface area contributed by atoms with Crippen molar-refractivity contribution >= 4 is 11.5 Å². The zero-order valence-electron chi connectivity index (χ0n) is 10.8. The largest absolute Gasteiger partial charge is 0.497 e. The molecular formula is C13H14F3NO2. The van der Waals surface area contributed by atoms with E-state index in [1.165, 1.54) is 26.2 Å². The highest BCUT2D eigenvalue weighted by atomic mass is 19.4. The molecule has 0 aromatic heterocycles. The van der Waals surface area contributed by atoms with Crippen LogP contribution in [0.3, 0.4) is 0 Å². The van der Waals surface area contributed by atoms with Crippen LogP contribution in [0.5, 0.6) is 5.75 Å². The smallest absolute Gasteiger partial charge is 0.416 e. The Labute approximate surface area is 109 Å². The van der Waals surface area contributed by atoms with Gasteiger partial charge < -0.3 is 10.1 Å². The quantitative estimate of drug-likeness (QED) is 0.851. The molecule has 3 nitrogen and oxygen atoms in total. The maximum absolute atomic E-state index is 12.7. The lowest BCUT2D eigenvalue weighted by molar-refractivity contribution is -0.137. The summed E-state index contributed by atoms with van der Waals surface area (Å²) in [6, 6.07) is 3.29. The van der Waals surface area contributed by atoms with E-state index in [9.17, 15) is 18.0 Å². The Morgan fingerprint density at radius 1 is 1.26 bits per heavy atom. The van der Waals surface area contributed by atoms with Gasteiger partial charge in [0.1, 0.15) is 5.75 Å². The van der Waals surface area contributed by atoms with Gasteiger partial charge in [-0.25, -0.2) is 0 Å². The number of ether oxygens (including phenoxy) is 1. The molecule has 0 saturated heterocycles. The van der Waals surface area contributed by atoms with Crippen molar-refractivity contribution in [1.29, 1.82) is 0 Å². The second kappa shape index (κ2) is 5.77. The monoisotopic (exact) mass is 273 g/mol. The molecule has 0 aliphatic rings. The molecular weight excluding hydrogens is 259 g/mol. The number of nitrogens with one attached hydrogen (secondary N) is 1. The molecule has 19 heavy (non-hydrogen) atoms. The van der Waals surface area contributed by atoms with E-state index in [0.29, 0.717) is 5.70 Å². The van der Waals surface area contributed by atoms with Gasteiger partial charge in [-0.2, -0.15) is 13.2 Å². The van der Waals surface area contributed by atoms with Gasteiger partial charge in [-0.15, -0.1) is 0 Å². The number of carbonyl (C=O) groups excluding carboxylic acids is 1. The third kappa shape index (κ3) is 4.65. The van der Waals surface area contributed by atoms with Crippen molar-refractivity contribution in [1.82, 2.24) is 0 Å². The van der Waals surface area contributed by atoms with Crippen molar-refractivity contribution in [2.24, 2.45) is 0 Å². The van der Waals surface area contributed by atoms with Crippen molar-refractivity contribution < 1.29 is 22.7 Å². The highest BCUT2D eigenvalue weighted by Crippen LogP contribution is 2.34. The minimum Gasteiger partial charge on any atom is -0.497 e. The fraction of sp³-hybridized carbons (Fsp3) is 0.308. The summed E-state index contributed by atoms with van der Waals surface area (Å²) in [4.78, 5) is 10.9. The highest BCUT2D eigenvalue weighted by Gasteiger charge is 2.31. The number of rotatable bonds is 4. The van der Waals surface area contributed by atoms with Crippen molar-refractivity contribution in [3.8, 4) is 5.75 Å². The second-order valence-electron chi connectivity index (χ2n) is 4.01. The normalized spacial score (nSPS) is 12.2. The first-order valence-corrected chi connectivity index (χ1v) is 5.44. The molecule has 0 fully saturated rings. The molecule has 1 rings (SSSR count). The van der Waals surface area contributed by atoms with E-state index in [0.717, 1.165) is 12.1 Å². The van der Waals surface area contributed by atoms with Crippen LogP contribution in [-0.4, -0.2) is 12.9 Å². The first-order valence-electron chi connectivity index (χ1n) is 5.44. The van der Waals surface area contributed by atoms with E-state index in [1.54, 1.807) is 6.92 Å². The number of carbonyl (C=O) groups is 1. The third-order valence-electron chi connectivity index (χ3n) is 2.23. The standard InChI is InChI=1S/C13H14F3NO2/c1-8(4-9(2)18)17-11-5-10(13(14,15)16)6-12(7-11)19-3/h4-7,17H,1-3H3/b8-4+. The van der Waals surface area contributed by atoms with Crippen molar-refractivity contribution in [3.05, 3.63) is 35.5 Å². The Bertz CT molecular complexity index is 507. The number of benzene rings is 1. The van der Waals surface area contributed by atoms with Crippen LogP contribution in [0.1, 0.15) is 19.4 Å². The van der Waals surface area contributed by atoms with Crippen LogP contribution in [0.25, 0.3) is 0 Å². The number of alkyl halides is 3. The Morgan fingerprint density at radius 3 is 2.37 bits per heavy atom. The SMILES string of the molecule is COc1cc(N/C(C)=C/C(C)=O)cc(C(F)(F)F)c1. The topological polar surface area (TPSA) is 38.3 Å². The lowest BCUT2D eigenvalue weighted by atomic mass is 10.1. The third-order valence-corrected chi connectivity index (χ3v) is 2.23. The van der Waals surface area contributed by atoms with Gasteiger partial charge in [0.05, 0.1) is 12.7 Å². The lowest BCUT2D eigenvalue weighted by Crippen LogP contribution is -2.07. The fourth-order valence-corrected chi connectivity index (χ4v) is 1.52. The molecule has 0 aliphatic heterocycles. The van der Waals surface area contributed by atoms with Crippen molar-refractivity contribution in [2.75, 3.05) is 12.4 Å². The molecule has 0 saturated carbocycles. The van der Waals surface area contributed by atoms with E-state index in [-0.39, 0.29) is 17.2 Å². The Kier molecular flexibility index (Phi) is 4.58. The van der Waals surface area contributed by atoms with Crippen LogP contribution in [0.2, 0.25) is 0 Å². The minimum absolute atomic E-state index is 0.0907. The summed E-state index contributed by atoms with van der Waals surface area (Å²) in [5, 5.41) is 2.72. The van der Waals surface area contributed by atoms with Gasteiger partial charge in [0.25, 0.3) is 0 Å². The van der Waals surface area contributed by atoms with E-state index < -0.39 is 11.7 Å². The van der Waals surface area contributed by atoms with Gasteiger partial charge in [-0.05, 0) is 32.1 Å². The van der Waals surface area contributed by atoms with E-state index >= 15 is 0 Å². The number of allylic oxidation sites excluding steroid dienone is 2. The molecule has 1 aromatic carbocycles. The number of ketones is 1. The summed E-state index contributed by atoms with van der Waals surface area (Å²) in [6.45, 7) is 2.95. The molecule has 1 aromatic rings. The van der Waals surface area contributed by atoms with Gasteiger partial charge in [0.15, 0.2) is 5.78 Å². The molecule has 1 N–H and O–H groups in total. The Hall–Kier alpha value is -1.98. The zero-order valence-corrected chi connectivity index (χ0v) is 10.8. The van der Waals surface area contributed by atoms with Gasteiger partial charge in [0, 0.05) is 17.5 Å². The predicted octanol–water partition coefficient (Wildman–Crippen LogP) is 3.62. The maximum Gasteiger partial charge on any atom is 0.416 e. The van der Waals surface area contributed by atoms with E-state index in [4.69, 9.17) is 4.74 Å². The molecule has 6 heteroatoms. The molecule has 0 heterocycles. The number of hydrogen-bond acceptors (Lipinski definition) is 3. The van der Waals surface area contributed by atoms with Crippen LogP contribution < -0.4 is 10.1 Å². The summed E-state index contributed by atoms with van der Waals surface area (Å²) in [6.07, 6.45) is -3.16. The summed E-state index contributed by atoms with van der Waals surface area (Å²) >= 11 is 0. The summed E-state index contributed by atoms with van der Waals surface area (Å²) in [5.41, 5.74) is -0.152. The molecule has 0 amide bonds. The molecule has 0 aliphatic carbocycles. The van der Waals surface area contributed by atoms with Crippen LogP contribution >= 0.6 is 0 Å². The number of methoxy groups -OCH3 is 1. The summed E-state index contributed by atoms with van der Waals surface area (Å²) in [7, 11) is 1.29. The Morgan fingerprint density at radius 2 is 1.89 bits per heavy atom. The number of hydrogen-bond donors (Lipinski definition) is 1. The second-order valence-corrected chi connectivity index (χ2v) is 4.01. The van der Waals surface area contributed by atoms with Gasteiger partial charge in [-0.1, -0.05) is 0 Å². The molecule has 0 bridgehead atoms. The van der Waals surface area contributed by atoms with Crippen molar-refractivity contribution in [3.63, 3.8) is 0 Å². The van der Waals surface area contributed by atoms with E-state index in [1.807, 2.05) is 0 Å². The fourth-order valence-electron chi connectivity index (χ4n) is 1.52. The predicted molar refractivity (Wildman–Crippen MR) is 66.1 cm³/mol. The molecule has 0 spiro atoms. The average molecular weight is 273 g/mol. The zero-order chi connectivity index (χ0) is 14.6. The molecule has 0 unspecified atom stereocenters. The first kappa shape index (κ1) is 15.1. The van der Waals surface area contributed by atoms with Crippen LogP contribution in [0, 0.1) is 0 Å². The van der Waals surface area contributed by atoms with Gasteiger partial charge in [-0.3, -0.25) is 4.79 Å². The number of anilines is 1. The number of halogens is 3.